The van der Waals surface area contributed by atoms with Crippen LogP contribution in [0.15, 0.2) is 28.9 Å². The Labute approximate surface area is 115 Å². The molecule has 1 aliphatic heterocycles. The molecule has 1 aromatic carbocycles. The number of hydrogen-bond acceptors (Lipinski definition) is 1. The van der Waals surface area contributed by atoms with Crippen molar-refractivity contribution in [2.45, 2.75) is 18.9 Å². The molecule has 4 heteroatoms. The molecular formula is C14H16BrFN2. The van der Waals surface area contributed by atoms with Crippen LogP contribution in [0.5, 0.6) is 0 Å². The summed E-state index contributed by atoms with van der Waals surface area (Å²) in [6, 6.07) is 6.06. The number of fused-ring (bicyclic) bond motifs is 1. The fourth-order valence-electron chi connectivity index (χ4n) is 2.74. The Kier molecular flexibility index (Phi) is 3.16. The molecule has 3 rings (SSSR count). The molecule has 0 N–H and O–H groups in total. The lowest BCUT2D eigenvalue weighted by atomic mass is 10.1. The molecule has 0 saturated carbocycles. The van der Waals surface area contributed by atoms with Crippen molar-refractivity contribution in [3.63, 3.8) is 0 Å². The Morgan fingerprint density at radius 3 is 2.72 bits per heavy atom. The van der Waals surface area contributed by atoms with Gasteiger partial charge in [0.15, 0.2) is 0 Å². The van der Waals surface area contributed by atoms with E-state index in [1.165, 1.54) is 0 Å². The molecular weight excluding hydrogens is 295 g/mol. The minimum atomic E-state index is -0.185. The quantitative estimate of drug-likeness (QED) is 0.777. The Hall–Kier alpha value is -0.870. The Bertz CT molecular complexity index is 570. The zero-order valence-electron chi connectivity index (χ0n) is 10.4. The first-order chi connectivity index (χ1) is 8.65. The summed E-state index contributed by atoms with van der Waals surface area (Å²) in [5.41, 5.74) is 1.00. The number of benzene rings is 1. The summed E-state index contributed by atoms with van der Waals surface area (Å²) in [4.78, 5) is 2.35. The highest BCUT2D eigenvalue weighted by molar-refractivity contribution is 9.10. The number of hydrogen-bond donors (Lipinski definition) is 0. The van der Waals surface area contributed by atoms with Crippen molar-refractivity contribution in [1.82, 2.24) is 9.47 Å². The first kappa shape index (κ1) is 12.2. The second-order valence-electron chi connectivity index (χ2n) is 5.08. The van der Waals surface area contributed by atoms with Crippen molar-refractivity contribution in [3.8, 4) is 0 Å². The van der Waals surface area contributed by atoms with E-state index in [1.54, 1.807) is 6.07 Å². The van der Waals surface area contributed by atoms with Gasteiger partial charge < -0.3 is 9.47 Å². The van der Waals surface area contributed by atoms with Crippen LogP contribution in [-0.4, -0.2) is 29.6 Å². The van der Waals surface area contributed by atoms with Gasteiger partial charge in [-0.15, -0.1) is 0 Å². The van der Waals surface area contributed by atoms with Crippen LogP contribution >= 0.6 is 15.9 Å². The monoisotopic (exact) mass is 310 g/mol. The van der Waals surface area contributed by atoms with E-state index in [4.69, 9.17) is 0 Å². The summed E-state index contributed by atoms with van der Waals surface area (Å²) in [6.07, 6.45) is 4.36. The second kappa shape index (κ2) is 4.67. The molecule has 2 aromatic rings. The van der Waals surface area contributed by atoms with Gasteiger partial charge in [0, 0.05) is 17.6 Å². The van der Waals surface area contributed by atoms with Gasteiger partial charge in [0.1, 0.15) is 5.82 Å². The van der Waals surface area contributed by atoms with E-state index >= 15 is 0 Å². The summed E-state index contributed by atoms with van der Waals surface area (Å²) < 4.78 is 16.4. The molecule has 2 heterocycles. The third kappa shape index (κ3) is 2.08. The summed E-state index contributed by atoms with van der Waals surface area (Å²) in [5.74, 6) is -0.185. The van der Waals surface area contributed by atoms with Gasteiger partial charge in [0.25, 0.3) is 0 Å². The van der Waals surface area contributed by atoms with Crippen LogP contribution in [0.3, 0.4) is 0 Å². The number of likely N-dealkylation sites (tertiary alicyclic amines) is 1. The lowest BCUT2D eigenvalue weighted by Crippen LogP contribution is -2.31. The molecule has 0 radical (unpaired) electrons. The van der Waals surface area contributed by atoms with Gasteiger partial charge in [0.2, 0.25) is 0 Å². The number of aromatic nitrogens is 1. The summed E-state index contributed by atoms with van der Waals surface area (Å²) in [7, 11) is 2.15. The maximum atomic E-state index is 13.7. The van der Waals surface area contributed by atoms with Gasteiger partial charge in [0.05, 0.1) is 9.99 Å². The van der Waals surface area contributed by atoms with Crippen molar-refractivity contribution >= 4 is 26.8 Å². The molecule has 0 bridgehead atoms. The fourth-order valence-corrected chi connectivity index (χ4v) is 3.10. The molecule has 1 aliphatic rings. The molecule has 18 heavy (non-hydrogen) atoms. The van der Waals surface area contributed by atoms with E-state index in [9.17, 15) is 4.39 Å². The molecule has 0 spiro atoms. The SMILES string of the molecule is CN1CCC(n2ccc3cc(Br)c(F)cc32)CC1. The highest BCUT2D eigenvalue weighted by atomic mass is 79.9. The van der Waals surface area contributed by atoms with Crippen LogP contribution in [0.4, 0.5) is 4.39 Å². The van der Waals surface area contributed by atoms with E-state index in [-0.39, 0.29) is 5.82 Å². The molecule has 96 valence electrons. The highest BCUT2D eigenvalue weighted by Gasteiger charge is 2.19. The van der Waals surface area contributed by atoms with Gasteiger partial charge >= 0.3 is 0 Å². The second-order valence-corrected chi connectivity index (χ2v) is 5.94. The van der Waals surface area contributed by atoms with Crippen LogP contribution in [0.1, 0.15) is 18.9 Å². The number of rotatable bonds is 1. The average Bonchev–Trinajstić information content (AvgIpc) is 2.74. The average molecular weight is 311 g/mol. The first-order valence-corrected chi connectivity index (χ1v) is 7.08. The zero-order chi connectivity index (χ0) is 12.7. The summed E-state index contributed by atoms with van der Waals surface area (Å²) in [6.45, 7) is 2.23. The predicted octanol–water partition coefficient (Wildman–Crippen LogP) is 3.81. The number of piperidine rings is 1. The largest absolute Gasteiger partial charge is 0.344 e. The summed E-state index contributed by atoms with van der Waals surface area (Å²) in [5, 5.41) is 1.10. The Morgan fingerprint density at radius 1 is 1.28 bits per heavy atom. The molecule has 0 aliphatic carbocycles. The minimum Gasteiger partial charge on any atom is -0.344 e. The third-order valence-electron chi connectivity index (χ3n) is 3.84. The predicted molar refractivity (Wildman–Crippen MR) is 75.4 cm³/mol. The van der Waals surface area contributed by atoms with Crippen molar-refractivity contribution < 1.29 is 4.39 Å². The van der Waals surface area contributed by atoms with Gasteiger partial charge in [-0.05, 0) is 67.1 Å². The van der Waals surface area contributed by atoms with Crippen LogP contribution in [0.2, 0.25) is 0 Å². The number of halogens is 2. The number of nitrogens with zero attached hydrogens (tertiary/aromatic N) is 2. The molecule has 1 aromatic heterocycles. The third-order valence-corrected chi connectivity index (χ3v) is 4.45. The highest BCUT2D eigenvalue weighted by Crippen LogP contribution is 2.30. The van der Waals surface area contributed by atoms with E-state index in [2.05, 4.69) is 44.7 Å². The van der Waals surface area contributed by atoms with Crippen molar-refractivity contribution in [2.75, 3.05) is 20.1 Å². The fraction of sp³-hybridized carbons (Fsp3) is 0.429. The first-order valence-electron chi connectivity index (χ1n) is 6.29. The smallest absolute Gasteiger partial charge is 0.139 e. The summed E-state index contributed by atoms with van der Waals surface area (Å²) >= 11 is 3.24. The lowest BCUT2D eigenvalue weighted by molar-refractivity contribution is 0.224. The lowest BCUT2D eigenvalue weighted by Gasteiger charge is -2.30. The maximum absolute atomic E-state index is 13.7. The normalized spacial score (nSPS) is 18.6. The Balaban J connectivity index is 1.99. The maximum Gasteiger partial charge on any atom is 0.139 e. The molecule has 1 fully saturated rings. The van der Waals surface area contributed by atoms with Gasteiger partial charge in [-0.25, -0.2) is 4.39 Å². The van der Waals surface area contributed by atoms with E-state index in [0.29, 0.717) is 10.5 Å². The molecule has 0 atom stereocenters. The van der Waals surface area contributed by atoms with Gasteiger partial charge in [-0.1, -0.05) is 0 Å². The van der Waals surface area contributed by atoms with Crippen LogP contribution < -0.4 is 0 Å². The van der Waals surface area contributed by atoms with Gasteiger partial charge in [-0.3, -0.25) is 0 Å². The van der Waals surface area contributed by atoms with Crippen molar-refractivity contribution in [3.05, 3.63) is 34.7 Å². The molecule has 1 saturated heterocycles. The van der Waals surface area contributed by atoms with Crippen LogP contribution in [-0.2, 0) is 0 Å². The zero-order valence-corrected chi connectivity index (χ0v) is 12.0. The van der Waals surface area contributed by atoms with Crippen molar-refractivity contribution in [1.29, 1.82) is 0 Å². The van der Waals surface area contributed by atoms with E-state index < -0.39 is 0 Å². The van der Waals surface area contributed by atoms with Crippen LogP contribution in [0.25, 0.3) is 10.9 Å². The standard InChI is InChI=1S/C14H16BrFN2/c1-17-5-3-11(4-6-17)18-7-2-10-8-12(15)13(16)9-14(10)18/h2,7-9,11H,3-6H2,1H3. The van der Waals surface area contributed by atoms with Crippen molar-refractivity contribution in [2.24, 2.45) is 0 Å². The minimum absolute atomic E-state index is 0.185. The van der Waals surface area contributed by atoms with Crippen LogP contribution in [0, 0.1) is 5.82 Å². The van der Waals surface area contributed by atoms with E-state index in [0.717, 1.165) is 36.8 Å². The molecule has 2 nitrogen and oxygen atoms in total. The topological polar surface area (TPSA) is 8.17 Å². The van der Waals surface area contributed by atoms with E-state index in [1.807, 2.05) is 6.07 Å². The van der Waals surface area contributed by atoms with Gasteiger partial charge in [-0.2, -0.15) is 0 Å². The Morgan fingerprint density at radius 2 is 2.00 bits per heavy atom. The molecule has 0 amide bonds. The molecule has 0 unspecified atom stereocenters.